The van der Waals surface area contributed by atoms with E-state index < -0.39 is 0 Å². The normalized spacial score (nSPS) is 22.2. The monoisotopic (exact) mass is 491 g/mol. The highest BCUT2D eigenvalue weighted by molar-refractivity contribution is 5.86. The van der Waals surface area contributed by atoms with Crippen LogP contribution in [0.2, 0.25) is 0 Å². The minimum absolute atomic E-state index is 0.0590. The zero-order chi connectivity index (χ0) is 25.2. The molecule has 1 aromatic heterocycles. The molecule has 1 amide bonds. The van der Waals surface area contributed by atoms with Gasteiger partial charge in [-0.25, -0.2) is 0 Å². The van der Waals surface area contributed by atoms with E-state index in [2.05, 4.69) is 11.4 Å². The highest BCUT2D eigenvalue weighted by Crippen LogP contribution is 2.35. The number of rotatable bonds is 8. The summed E-state index contributed by atoms with van der Waals surface area (Å²) in [6.07, 6.45) is 11.7. The van der Waals surface area contributed by atoms with Gasteiger partial charge in [0.25, 0.3) is 5.56 Å². The predicted molar refractivity (Wildman–Crippen MR) is 143 cm³/mol. The number of fused-ring (bicyclic) bond motifs is 1. The first-order chi connectivity index (χ1) is 17.4. The first kappa shape index (κ1) is 25.2. The van der Waals surface area contributed by atoms with Crippen molar-refractivity contribution in [2.45, 2.75) is 89.6 Å². The molecule has 194 valence electrons. The van der Waals surface area contributed by atoms with Crippen LogP contribution in [-0.4, -0.2) is 46.8 Å². The van der Waals surface area contributed by atoms with Crippen LogP contribution in [0.5, 0.6) is 0 Å². The van der Waals surface area contributed by atoms with Crippen molar-refractivity contribution in [2.24, 2.45) is 11.8 Å². The number of Topliss-reactive ketones (excluding diaryl/α,β-unsaturated/α-hetero) is 1. The number of carbonyl (C=O) groups excluding carboxylic acids is 2. The molecule has 2 atom stereocenters. The van der Waals surface area contributed by atoms with Gasteiger partial charge in [0.15, 0.2) is 5.78 Å². The molecule has 36 heavy (non-hydrogen) atoms. The van der Waals surface area contributed by atoms with Gasteiger partial charge in [-0.05, 0) is 67.5 Å². The highest BCUT2D eigenvalue weighted by atomic mass is 16.2. The third kappa shape index (κ3) is 5.44. The summed E-state index contributed by atoms with van der Waals surface area (Å²) in [7, 11) is 0. The van der Waals surface area contributed by atoms with E-state index in [4.69, 9.17) is 0 Å². The van der Waals surface area contributed by atoms with Crippen molar-refractivity contribution in [3.05, 3.63) is 46.4 Å². The molecule has 1 unspecified atom stereocenters. The third-order valence-electron chi connectivity index (χ3n) is 8.58. The second-order valence-corrected chi connectivity index (χ2v) is 11.6. The molecule has 6 nitrogen and oxygen atoms in total. The minimum atomic E-state index is -0.382. The molecule has 2 saturated carbocycles. The van der Waals surface area contributed by atoms with Crippen LogP contribution in [0.4, 0.5) is 0 Å². The summed E-state index contributed by atoms with van der Waals surface area (Å²) in [6.45, 7) is 5.82. The standard InChI is InChI=1S/C30H41N3O3/c1-20(2)29(35)28(22-7-4-3-5-8-22)33-16-14-21-10-11-23(17-26(21)30(33)36)24-9-6-15-32(19-24)27(34)18-31-25-12-13-25/h10-11,14,16-17,20,22,24-25,28,31H,3-9,12-13,15,18-19H2,1-2H3/t24?,28-/m1/s1. The summed E-state index contributed by atoms with van der Waals surface area (Å²) in [5.41, 5.74) is 1.06. The molecule has 0 bridgehead atoms. The number of aromatic nitrogens is 1. The molecule has 0 radical (unpaired) electrons. The van der Waals surface area contributed by atoms with E-state index >= 15 is 0 Å². The summed E-state index contributed by atoms with van der Waals surface area (Å²) in [5.74, 6) is 0.700. The van der Waals surface area contributed by atoms with E-state index in [1.165, 1.54) is 19.3 Å². The fraction of sp³-hybridized carbons (Fsp3) is 0.633. The number of amides is 1. The van der Waals surface area contributed by atoms with Crippen LogP contribution < -0.4 is 10.9 Å². The van der Waals surface area contributed by atoms with Gasteiger partial charge in [-0.3, -0.25) is 14.4 Å². The Morgan fingerprint density at radius 1 is 1.00 bits per heavy atom. The number of nitrogens with zero attached hydrogens (tertiary/aromatic N) is 2. The maximum absolute atomic E-state index is 13.8. The first-order valence-corrected chi connectivity index (χ1v) is 14.1. The van der Waals surface area contributed by atoms with E-state index in [1.54, 1.807) is 4.57 Å². The molecule has 1 saturated heterocycles. The average Bonchev–Trinajstić information content (AvgIpc) is 3.74. The number of piperidine rings is 1. The molecule has 3 fully saturated rings. The lowest BCUT2D eigenvalue weighted by atomic mass is 9.80. The number of hydrogen-bond acceptors (Lipinski definition) is 4. The molecule has 2 aliphatic carbocycles. The smallest absolute Gasteiger partial charge is 0.259 e. The van der Waals surface area contributed by atoms with E-state index in [0.29, 0.717) is 24.5 Å². The summed E-state index contributed by atoms with van der Waals surface area (Å²) in [4.78, 5) is 41.9. The van der Waals surface area contributed by atoms with Crippen molar-refractivity contribution in [2.75, 3.05) is 19.6 Å². The Kier molecular flexibility index (Phi) is 7.61. The number of likely N-dealkylation sites (tertiary alicyclic amines) is 1. The van der Waals surface area contributed by atoms with Gasteiger partial charge in [-0.15, -0.1) is 0 Å². The van der Waals surface area contributed by atoms with Gasteiger partial charge in [0.05, 0.1) is 12.6 Å². The summed E-state index contributed by atoms with van der Waals surface area (Å²) in [6, 6.07) is 8.32. The summed E-state index contributed by atoms with van der Waals surface area (Å²) < 4.78 is 1.74. The van der Waals surface area contributed by atoms with E-state index in [-0.39, 0.29) is 41.0 Å². The molecule has 1 aliphatic heterocycles. The maximum atomic E-state index is 13.8. The fourth-order valence-corrected chi connectivity index (χ4v) is 6.24. The third-order valence-corrected chi connectivity index (χ3v) is 8.58. The van der Waals surface area contributed by atoms with E-state index in [0.717, 1.165) is 56.0 Å². The number of ketones is 1. The first-order valence-electron chi connectivity index (χ1n) is 14.1. The van der Waals surface area contributed by atoms with Gasteiger partial charge in [0.1, 0.15) is 0 Å². The van der Waals surface area contributed by atoms with Crippen molar-refractivity contribution in [1.29, 1.82) is 0 Å². The molecule has 6 heteroatoms. The van der Waals surface area contributed by atoms with E-state index in [1.807, 2.05) is 43.1 Å². The molecular formula is C30H41N3O3. The van der Waals surface area contributed by atoms with Crippen LogP contribution in [0.25, 0.3) is 10.8 Å². The van der Waals surface area contributed by atoms with Crippen LogP contribution in [0, 0.1) is 11.8 Å². The quantitative estimate of drug-likeness (QED) is 0.576. The molecule has 5 rings (SSSR count). The molecule has 1 N–H and O–H groups in total. The van der Waals surface area contributed by atoms with Gasteiger partial charge in [-0.1, -0.05) is 45.2 Å². The Balaban J connectivity index is 1.42. The zero-order valence-electron chi connectivity index (χ0n) is 21.9. The molecule has 3 aliphatic rings. The van der Waals surface area contributed by atoms with Crippen LogP contribution in [0.1, 0.15) is 89.2 Å². The number of hydrogen-bond donors (Lipinski definition) is 1. The van der Waals surface area contributed by atoms with Crippen molar-refractivity contribution in [3.8, 4) is 0 Å². The number of carbonyl (C=O) groups is 2. The van der Waals surface area contributed by atoms with Crippen molar-refractivity contribution in [3.63, 3.8) is 0 Å². The SMILES string of the molecule is CC(C)C(=O)[C@@H](C1CCCCC1)n1ccc2ccc(C3CCCN(C(=O)CNC4CC4)C3)cc2c1=O. The van der Waals surface area contributed by atoms with Crippen LogP contribution in [0.15, 0.2) is 35.3 Å². The number of benzene rings is 1. The fourth-order valence-electron chi connectivity index (χ4n) is 6.24. The Morgan fingerprint density at radius 2 is 1.78 bits per heavy atom. The van der Waals surface area contributed by atoms with Gasteiger partial charge in [-0.2, -0.15) is 0 Å². The Labute approximate surface area is 214 Å². The largest absolute Gasteiger partial charge is 0.341 e. The lowest BCUT2D eigenvalue weighted by Crippen LogP contribution is -2.43. The Bertz CT molecular complexity index is 1160. The van der Waals surface area contributed by atoms with Gasteiger partial charge in [0.2, 0.25) is 5.91 Å². The second-order valence-electron chi connectivity index (χ2n) is 11.6. The summed E-state index contributed by atoms with van der Waals surface area (Å²) >= 11 is 0. The van der Waals surface area contributed by atoms with Crippen LogP contribution >= 0.6 is 0 Å². The molecule has 2 aromatic rings. The topological polar surface area (TPSA) is 71.4 Å². The average molecular weight is 492 g/mol. The van der Waals surface area contributed by atoms with Crippen LogP contribution in [0.3, 0.4) is 0 Å². The molecule has 1 aromatic carbocycles. The van der Waals surface area contributed by atoms with Gasteiger partial charge in [0, 0.05) is 42.6 Å². The van der Waals surface area contributed by atoms with Crippen LogP contribution in [-0.2, 0) is 9.59 Å². The second kappa shape index (κ2) is 10.9. The molecular weight excluding hydrogens is 450 g/mol. The lowest BCUT2D eigenvalue weighted by molar-refractivity contribution is -0.131. The van der Waals surface area contributed by atoms with Gasteiger partial charge >= 0.3 is 0 Å². The zero-order valence-corrected chi connectivity index (χ0v) is 21.9. The highest BCUT2D eigenvalue weighted by Gasteiger charge is 2.33. The Morgan fingerprint density at radius 3 is 2.50 bits per heavy atom. The number of nitrogens with one attached hydrogen (secondary N) is 1. The molecule has 2 heterocycles. The van der Waals surface area contributed by atoms with Gasteiger partial charge < -0.3 is 14.8 Å². The lowest BCUT2D eigenvalue weighted by Gasteiger charge is -2.33. The Hall–Kier alpha value is -2.47. The maximum Gasteiger partial charge on any atom is 0.259 e. The number of pyridine rings is 1. The van der Waals surface area contributed by atoms with Crippen molar-refractivity contribution < 1.29 is 9.59 Å². The van der Waals surface area contributed by atoms with Crippen molar-refractivity contribution >= 4 is 22.5 Å². The molecule has 0 spiro atoms. The minimum Gasteiger partial charge on any atom is -0.341 e. The van der Waals surface area contributed by atoms with Crippen molar-refractivity contribution in [1.82, 2.24) is 14.8 Å². The summed E-state index contributed by atoms with van der Waals surface area (Å²) in [5, 5.41) is 4.94. The van der Waals surface area contributed by atoms with E-state index in [9.17, 15) is 14.4 Å². The predicted octanol–water partition coefficient (Wildman–Crippen LogP) is 4.81.